The second kappa shape index (κ2) is 7.06. The van der Waals surface area contributed by atoms with Crippen LogP contribution in [0.15, 0.2) is 35.4 Å². The van der Waals surface area contributed by atoms with Crippen molar-refractivity contribution in [2.75, 3.05) is 18.5 Å². The summed E-state index contributed by atoms with van der Waals surface area (Å²) in [4.78, 5) is 12.6. The van der Waals surface area contributed by atoms with Gasteiger partial charge in [-0.25, -0.2) is 8.42 Å². The van der Waals surface area contributed by atoms with E-state index in [1.807, 2.05) is 4.68 Å². The molecule has 0 saturated carbocycles. The molecule has 0 bridgehead atoms. The third-order valence-corrected chi connectivity index (χ3v) is 7.20. The van der Waals surface area contributed by atoms with Crippen molar-refractivity contribution >= 4 is 21.6 Å². The Hall–Kier alpha value is -2.23. The number of hydrogen-bond acceptors (Lipinski definition) is 5. The van der Waals surface area contributed by atoms with Crippen LogP contribution in [0.2, 0.25) is 0 Å². The number of fused-ring (bicyclic) bond motifs is 1. The summed E-state index contributed by atoms with van der Waals surface area (Å²) in [6.07, 6.45) is 4.81. The molecule has 3 heterocycles. The molecule has 144 valence electrons. The fourth-order valence-electron chi connectivity index (χ4n) is 3.81. The standard InChI is InChI=1S/C18H22N4O4S/c23-12-14-3-1-10-22(14)27(25,26)15-7-5-13(6-8-15)20-18(24)16-11-19-21-9-2-4-17(16)21/h5-8,11,14,23H,1-4,9-10,12H2,(H,20,24). The van der Waals surface area contributed by atoms with Crippen molar-refractivity contribution in [3.63, 3.8) is 0 Å². The molecule has 4 rings (SSSR count). The number of aliphatic hydroxyl groups is 1. The summed E-state index contributed by atoms with van der Waals surface area (Å²) in [5, 5.41) is 16.4. The maximum Gasteiger partial charge on any atom is 0.259 e. The van der Waals surface area contributed by atoms with Crippen LogP contribution in [0, 0.1) is 0 Å². The Kier molecular flexibility index (Phi) is 4.75. The van der Waals surface area contributed by atoms with Crippen LogP contribution in [0.1, 0.15) is 35.3 Å². The average Bonchev–Trinajstić information content (AvgIpc) is 3.38. The minimum absolute atomic E-state index is 0.160. The number of benzene rings is 1. The number of aryl methyl sites for hydroxylation is 1. The number of anilines is 1. The number of amides is 1. The number of sulfonamides is 1. The van der Waals surface area contributed by atoms with E-state index in [-0.39, 0.29) is 23.5 Å². The molecule has 1 unspecified atom stereocenters. The Bertz CT molecular complexity index is 952. The number of carbonyl (C=O) groups is 1. The Morgan fingerprint density at radius 3 is 2.74 bits per heavy atom. The van der Waals surface area contributed by atoms with Gasteiger partial charge in [0.2, 0.25) is 10.0 Å². The smallest absolute Gasteiger partial charge is 0.259 e. The summed E-state index contributed by atoms with van der Waals surface area (Å²) in [6.45, 7) is 1.07. The first-order valence-electron chi connectivity index (χ1n) is 9.09. The third-order valence-electron chi connectivity index (χ3n) is 5.23. The van der Waals surface area contributed by atoms with Crippen molar-refractivity contribution in [1.82, 2.24) is 14.1 Å². The number of aliphatic hydroxyl groups excluding tert-OH is 1. The molecule has 1 aromatic heterocycles. The number of nitrogens with one attached hydrogen (secondary N) is 1. The normalized spacial score (nSPS) is 20.0. The van der Waals surface area contributed by atoms with E-state index >= 15 is 0 Å². The van der Waals surface area contributed by atoms with Gasteiger partial charge in [0.1, 0.15) is 0 Å². The first kappa shape index (κ1) is 18.1. The summed E-state index contributed by atoms with van der Waals surface area (Å²) >= 11 is 0. The average molecular weight is 390 g/mol. The summed E-state index contributed by atoms with van der Waals surface area (Å²) < 4.78 is 28.7. The van der Waals surface area contributed by atoms with E-state index in [4.69, 9.17) is 0 Å². The maximum absolute atomic E-state index is 12.8. The van der Waals surface area contributed by atoms with Gasteiger partial charge in [0.25, 0.3) is 5.91 Å². The number of carbonyl (C=O) groups excluding carboxylic acids is 1. The van der Waals surface area contributed by atoms with Gasteiger partial charge in [-0.05, 0) is 49.9 Å². The summed E-state index contributed by atoms with van der Waals surface area (Å²) in [5.74, 6) is -0.242. The molecule has 1 amide bonds. The molecule has 1 aromatic carbocycles. The van der Waals surface area contributed by atoms with Gasteiger partial charge in [-0.1, -0.05) is 0 Å². The topological polar surface area (TPSA) is 105 Å². The molecular formula is C18H22N4O4S. The lowest BCUT2D eigenvalue weighted by molar-refractivity contribution is 0.102. The zero-order valence-corrected chi connectivity index (χ0v) is 15.7. The van der Waals surface area contributed by atoms with Gasteiger partial charge in [-0.15, -0.1) is 0 Å². The van der Waals surface area contributed by atoms with E-state index in [9.17, 15) is 18.3 Å². The lowest BCUT2D eigenvalue weighted by Gasteiger charge is -2.22. The molecule has 8 nitrogen and oxygen atoms in total. The summed E-state index contributed by atoms with van der Waals surface area (Å²) in [6, 6.07) is 5.77. The number of hydrogen-bond donors (Lipinski definition) is 2. The van der Waals surface area contributed by atoms with Crippen LogP contribution in [-0.4, -0.2) is 52.7 Å². The first-order valence-corrected chi connectivity index (χ1v) is 10.5. The SMILES string of the molecule is O=C(Nc1ccc(S(=O)(=O)N2CCCC2CO)cc1)c1cnn2c1CCC2. The van der Waals surface area contributed by atoms with Crippen molar-refractivity contribution in [3.8, 4) is 0 Å². The molecule has 1 atom stereocenters. The van der Waals surface area contributed by atoms with E-state index in [1.54, 1.807) is 18.3 Å². The zero-order chi connectivity index (χ0) is 19.0. The van der Waals surface area contributed by atoms with E-state index in [0.717, 1.165) is 31.5 Å². The van der Waals surface area contributed by atoms with E-state index in [1.165, 1.54) is 16.4 Å². The van der Waals surface area contributed by atoms with Gasteiger partial charge >= 0.3 is 0 Å². The molecule has 2 aliphatic rings. The predicted molar refractivity (Wildman–Crippen MR) is 98.9 cm³/mol. The predicted octanol–water partition coefficient (Wildman–Crippen LogP) is 1.23. The highest BCUT2D eigenvalue weighted by Crippen LogP contribution is 2.27. The van der Waals surface area contributed by atoms with Crippen molar-refractivity contribution < 1.29 is 18.3 Å². The van der Waals surface area contributed by atoms with Crippen molar-refractivity contribution in [2.45, 2.75) is 43.2 Å². The molecule has 1 fully saturated rings. The fraction of sp³-hybridized carbons (Fsp3) is 0.444. The van der Waals surface area contributed by atoms with Crippen LogP contribution in [0.3, 0.4) is 0 Å². The van der Waals surface area contributed by atoms with E-state index in [0.29, 0.717) is 24.2 Å². The van der Waals surface area contributed by atoms with Gasteiger partial charge in [0, 0.05) is 24.8 Å². The van der Waals surface area contributed by atoms with Gasteiger partial charge in [0.05, 0.1) is 29.0 Å². The monoisotopic (exact) mass is 390 g/mol. The van der Waals surface area contributed by atoms with Crippen LogP contribution < -0.4 is 5.32 Å². The Labute approximate surface area is 157 Å². The molecule has 9 heteroatoms. The number of rotatable bonds is 5. The molecule has 2 aliphatic heterocycles. The highest BCUT2D eigenvalue weighted by atomic mass is 32.2. The third kappa shape index (κ3) is 3.26. The molecule has 27 heavy (non-hydrogen) atoms. The molecule has 0 radical (unpaired) electrons. The zero-order valence-electron chi connectivity index (χ0n) is 14.8. The van der Waals surface area contributed by atoms with Crippen LogP contribution in [0.5, 0.6) is 0 Å². The van der Waals surface area contributed by atoms with Gasteiger partial charge < -0.3 is 10.4 Å². The van der Waals surface area contributed by atoms with Crippen LogP contribution >= 0.6 is 0 Å². The Balaban J connectivity index is 1.50. The van der Waals surface area contributed by atoms with E-state index in [2.05, 4.69) is 10.4 Å². The van der Waals surface area contributed by atoms with Crippen molar-refractivity contribution in [3.05, 3.63) is 41.7 Å². The van der Waals surface area contributed by atoms with Gasteiger partial charge in [-0.2, -0.15) is 9.40 Å². The molecule has 0 aliphatic carbocycles. The quantitative estimate of drug-likeness (QED) is 0.799. The van der Waals surface area contributed by atoms with Crippen LogP contribution in [0.25, 0.3) is 0 Å². The fourth-order valence-corrected chi connectivity index (χ4v) is 5.49. The van der Waals surface area contributed by atoms with E-state index < -0.39 is 10.0 Å². The van der Waals surface area contributed by atoms with Gasteiger partial charge in [-0.3, -0.25) is 9.48 Å². The summed E-state index contributed by atoms with van der Waals surface area (Å²) in [5.41, 5.74) is 2.03. The second-order valence-corrected chi connectivity index (χ2v) is 8.80. The Morgan fingerprint density at radius 2 is 2.00 bits per heavy atom. The lowest BCUT2D eigenvalue weighted by Crippen LogP contribution is -2.37. The van der Waals surface area contributed by atoms with Gasteiger partial charge in [0.15, 0.2) is 0 Å². The minimum Gasteiger partial charge on any atom is -0.395 e. The molecule has 2 aromatic rings. The minimum atomic E-state index is -3.65. The lowest BCUT2D eigenvalue weighted by atomic mass is 10.2. The number of aromatic nitrogens is 2. The van der Waals surface area contributed by atoms with Crippen molar-refractivity contribution in [1.29, 1.82) is 0 Å². The maximum atomic E-state index is 12.8. The molecule has 2 N–H and O–H groups in total. The molecular weight excluding hydrogens is 368 g/mol. The second-order valence-electron chi connectivity index (χ2n) is 6.90. The summed E-state index contributed by atoms with van der Waals surface area (Å²) in [7, 11) is -3.65. The molecule has 1 saturated heterocycles. The highest BCUT2D eigenvalue weighted by Gasteiger charge is 2.34. The van der Waals surface area contributed by atoms with Crippen molar-refractivity contribution in [2.24, 2.45) is 0 Å². The molecule has 0 spiro atoms. The largest absolute Gasteiger partial charge is 0.395 e. The first-order chi connectivity index (χ1) is 13.0. The number of nitrogens with zero attached hydrogens (tertiary/aromatic N) is 3. The highest BCUT2D eigenvalue weighted by molar-refractivity contribution is 7.89. The Morgan fingerprint density at radius 1 is 1.22 bits per heavy atom. The van der Waals surface area contributed by atoms with Crippen LogP contribution in [0.4, 0.5) is 5.69 Å². The van der Waals surface area contributed by atoms with Crippen LogP contribution in [-0.2, 0) is 23.0 Å².